The van der Waals surface area contributed by atoms with Crippen LogP contribution in [0.2, 0.25) is 0 Å². The number of halogens is 4. The van der Waals surface area contributed by atoms with Crippen molar-refractivity contribution in [3.8, 4) is 0 Å². The molecule has 0 spiro atoms. The van der Waals surface area contributed by atoms with Crippen molar-refractivity contribution in [2.24, 2.45) is 4.99 Å². The highest BCUT2D eigenvalue weighted by Gasteiger charge is 2.34. The zero-order valence-electron chi connectivity index (χ0n) is 12.5. The van der Waals surface area contributed by atoms with Gasteiger partial charge in [0.2, 0.25) is 0 Å². The maximum absolute atomic E-state index is 13.0. The van der Waals surface area contributed by atoms with Gasteiger partial charge in [0.05, 0.1) is 16.2 Å². The van der Waals surface area contributed by atoms with Crippen LogP contribution < -0.4 is 5.32 Å². The van der Waals surface area contributed by atoms with E-state index in [0.717, 1.165) is 27.9 Å². The third kappa shape index (κ3) is 4.32. The van der Waals surface area contributed by atoms with Crippen molar-refractivity contribution < 1.29 is 18.0 Å². The lowest BCUT2D eigenvalue weighted by Gasteiger charge is -2.09. The van der Waals surface area contributed by atoms with Crippen molar-refractivity contribution in [1.29, 1.82) is 0 Å². The molecule has 0 atom stereocenters. The number of amidine groups is 1. The van der Waals surface area contributed by atoms with Gasteiger partial charge in [-0.05, 0) is 47.7 Å². The van der Waals surface area contributed by atoms with Crippen LogP contribution in [0, 0.1) is 0 Å². The fourth-order valence-corrected chi connectivity index (χ4v) is 3.21. The molecule has 128 valence electrons. The van der Waals surface area contributed by atoms with E-state index in [-0.39, 0.29) is 10.9 Å². The zero-order valence-corrected chi connectivity index (χ0v) is 14.9. The van der Waals surface area contributed by atoms with Gasteiger partial charge >= 0.3 is 6.18 Å². The highest BCUT2D eigenvalue weighted by atomic mass is 79.9. The van der Waals surface area contributed by atoms with E-state index in [0.29, 0.717) is 4.91 Å². The van der Waals surface area contributed by atoms with Crippen molar-refractivity contribution in [3.63, 3.8) is 0 Å². The molecule has 3 rings (SSSR count). The highest BCUT2D eigenvalue weighted by molar-refractivity contribution is 9.10. The van der Waals surface area contributed by atoms with Gasteiger partial charge in [0.1, 0.15) is 0 Å². The largest absolute Gasteiger partial charge is 0.418 e. The van der Waals surface area contributed by atoms with Gasteiger partial charge in [0.15, 0.2) is 5.17 Å². The molecule has 0 unspecified atom stereocenters. The number of amides is 1. The Balaban J connectivity index is 1.88. The number of thioether (sulfide) groups is 1. The van der Waals surface area contributed by atoms with Crippen LogP contribution in [0.15, 0.2) is 62.9 Å². The second kappa shape index (κ2) is 7.05. The van der Waals surface area contributed by atoms with E-state index in [9.17, 15) is 18.0 Å². The lowest BCUT2D eigenvalue weighted by Crippen LogP contribution is -2.19. The molecule has 1 amide bonds. The van der Waals surface area contributed by atoms with E-state index in [1.807, 2.05) is 24.3 Å². The molecule has 3 nitrogen and oxygen atoms in total. The van der Waals surface area contributed by atoms with E-state index < -0.39 is 17.6 Å². The topological polar surface area (TPSA) is 41.5 Å². The molecule has 25 heavy (non-hydrogen) atoms. The molecule has 2 aromatic carbocycles. The summed E-state index contributed by atoms with van der Waals surface area (Å²) in [5.41, 5.74) is -0.275. The molecule has 1 aliphatic heterocycles. The minimum atomic E-state index is -4.51. The van der Waals surface area contributed by atoms with Gasteiger partial charge in [0.25, 0.3) is 5.91 Å². The first-order valence-electron chi connectivity index (χ1n) is 7.04. The maximum atomic E-state index is 13.0. The number of benzene rings is 2. The molecule has 0 saturated carbocycles. The molecule has 1 saturated heterocycles. The number of hydrogen-bond acceptors (Lipinski definition) is 3. The number of nitrogens with zero attached hydrogens (tertiary/aromatic N) is 1. The number of carbonyl (C=O) groups excluding carboxylic acids is 1. The third-order valence-electron chi connectivity index (χ3n) is 3.25. The van der Waals surface area contributed by atoms with Crippen LogP contribution >= 0.6 is 27.7 Å². The van der Waals surface area contributed by atoms with E-state index in [4.69, 9.17) is 0 Å². The van der Waals surface area contributed by atoms with Crippen molar-refractivity contribution in [2.75, 3.05) is 0 Å². The number of nitrogens with one attached hydrogen (secondary N) is 1. The fraction of sp³-hybridized carbons (Fsp3) is 0.0588. The minimum absolute atomic E-state index is 0.116. The van der Waals surface area contributed by atoms with Crippen LogP contribution in [0.5, 0.6) is 0 Å². The Morgan fingerprint density at radius 2 is 1.76 bits per heavy atom. The lowest BCUT2D eigenvalue weighted by molar-refractivity contribution is -0.137. The molecule has 0 aliphatic carbocycles. The van der Waals surface area contributed by atoms with Gasteiger partial charge in [-0.3, -0.25) is 4.79 Å². The van der Waals surface area contributed by atoms with Crippen LogP contribution in [-0.4, -0.2) is 11.1 Å². The monoisotopic (exact) mass is 426 g/mol. The fourth-order valence-electron chi connectivity index (χ4n) is 2.11. The molecular formula is C17H10BrF3N2OS. The summed E-state index contributed by atoms with van der Waals surface area (Å²) >= 11 is 4.33. The Morgan fingerprint density at radius 3 is 2.44 bits per heavy atom. The van der Waals surface area contributed by atoms with Gasteiger partial charge in [0, 0.05) is 4.47 Å². The van der Waals surface area contributed by atoms with Crippen molar-refractivity contribution >= 4 is 50.5 Å². The summed E-state index contributed by atoms with van der Waals surface area (Å²) in [5.74, 6) is -0.392. The van der Waals surface area contributed by atoms with Crippen LogP contribution in [-0.2, 0) is 11.0 Å². The molecule has 0 radical (unpaired) electrons. The van der Waals surface area contributed by atoms with E-state index >= 15 is 0 Å². The molecule has 0 aromatic heterocycles. The predicted molar refractivity (Wildman–Crippen MR) is 96.4 cm³/mol. The second-order valence-electron chi connectivity index (χ2n) is 5.05. The van der Waals surface area contributed by atoms with Crippen LogP contribution in [0.3, 0.4) is 0 Å². The zero-order chi connectivity index (χ0) is 18.0. The first-order valence-corrected chi connectivity index (χ1v) is 8.65. The van der Waals surface area contributed by atoms with Crippen molar-refractivity contribution in [2.45, 2.75) is 6.18 Å². The Hall–Kier alpha value is -2.06. The molecule has 8 heteroatoms. The first-order chi connectivity index (χ1) is 11.8. The number of para-hydroxylation sites is 1. The van der Waals surface area contributed by atoms with Crippen LogP contribution in [0.4, 0.5) is 18.9 Å². The predicted octanol–water partition coefficient (Wildman–Crippen LogP) is 5.36. The molecule has 1 aliphatic rings. The Kier molecular flexibility index (Phi) is 5.01. The number of rotatable bonds is 2. The SMILES string of the molecule is O=C1NC(=Nc2ccccc2C(F)(F)F)S/C1=C\c1ccc(Br)cc1. The van der Waals surface area contributed by atoms with Crippen molar-refractivity contribution in [3.05, 3.63) is 69.0 Å². The lowest BCUT2D eigenvalue weighted by atomic mass is 10.2. The van der Waals surface area contributed by atoms with Gasteiger partial charge in [-0.25, -0.2) is 4.99 Å². The number of aliphatic imine (C=N–C) groups is 1. The van der Waals surface area contributed by atoms with Gasteiger partial charge in [-0.15, -0.1) is 0 Å². The average molecular weight is 427 g/mol. The normalized spacial score (nSPS) is 18.0. The van der Waals surface area contributed by atoms with E-state index in [2.05, 4.69) is 26.2 Å². The summed E-state index contributed by atoms with van der Waals surface area (Å²) in [6, 6.07) is 12.3. The summed E-state index contributed by atoms with van der Waals surface area (Å²) in [7, 11) is 0. The van der Waals surface area contributed by atoms with Crippen molar-refractivity contribution in [1.82, 2.24) is 5.32 Å². The number of hydrogen-bond donors (Lipinski definition) is 1. The summed E-state index contributed by atoms with van der Waals surface area (Å²) < 4.78 is 40.0. The van der Waals surface area contributed by atoms with Gasteiger partial charge < -0.3 is 5.32 Å². The Labute approximate surface area is 154 Å². The van der Waals surface area contributed by atoms with Gasteiger partial charge in [-0.2, -0.15) is 13.2 Å². The summed E-state index contributed by atoms with van der Waals surface area (Å²) in [4.78, 5) is 16.3. The minimum Gasteiger partial charge on any atom is -0.300 e. The molecule has 1 N–H and O–H groups in total. The number of carbonyl (C=O) groups is 1. The van der Waals surface area contributed by atoms with Gasteiger partial charge in [-0.1, -0.05) is 40.2 Å². The third-order valence-corrected chi connectivity index (χ3v) is 4.69. The molecular weight excluding hydrogens is 417 g/mol. The Bertz CT molecular complexity index is 876. The second-order valence-corrected chi connectivity index (χ2v) is 6.99. The summed E-state index contributed by atoms with van der Waals surface area (Å²) in [5, 5.41) is 2.61. The molecule has 2 aromatic rings. The van der Waals surface area contributed by atoms with E-state index in [1.165, 1.54) is 18.2 Å². The van der Waals surface area contributed by atoms with E-state index in [1.54, 1.807) is 6.08 Å². The maximum Gasteiger partial charge on any atom is 0.418 e. The summed E-state index contributed by atoms with van der Waals surface area (Å²) in [6.07, 6.45) is -2.85. The van der Waals surface area contributed by atoms with Crippen LogP contribution in [0.25, 0.3) is 6.08 Å². The van der Waals surface area contributed by atoms with Crippen LogP contribution in [0.1, 0.15) is 11.1 Å². The quantitative estimate of drug-likeness (QED) is 0.656. The molecule has 1 heterocycles. The smallest absolute Gasteiger partial charge is 0.300 e. The Morgan fingerprint density at radius 1 is 1.08 bits per heavy atom. The summed E-state index contributed by atoms with van der Waals surface area (Å²) in [6.45, 7) is 0. The molecule has 1 fully saturated rings. The average Bonchev–Trinajstić information content (AvgIpc) is 2.88. The molecule has 0 bridgehead atoms. The highest BCUT2D eigenvalue weighted by Crippen LogP contribution is 2.37. The number of alkyl halides is 3. The first kappa shape index (κ1) is 17.8. The standard InChI is InChI=1S/C17H10BrF3N2OS/c18-11-7-5-10(6-8-11)9-14-15(24)23-16(25-14)22-13-4-2-1-3-12(13)17(19,20)21/h1-9H,(H,22,23,24)/b14-9-.